The van der Waals surface area contributed by atoms with E-state index >= 15 is 0 Å². The molecule has 0 bridgehead atoms. The van der Waals surface area contributed by atoms with Crippen LogP contribution in [0.1, 0.15) is 38.0 Å². The number of hydrogen-bond donors (Lipinski definition) is 1. The summed E-state index contributed by atoms with van der Waals surface area (Å²) < 4.78 is 12.9. The number of anilines is 1. The number of para-hydroxylation sites is 1. The number of aromatic nitrogens is 3. The highest BCUT2D eigenvalue weighted by atomic mass is 79.9. The largest absolute Gasteiger partial charge is 0.496 e. The van der Waals surface area contributed by atoms with Crippen LogP contribution in [0.25, 0.3) is 11.3 Å². The Morgan fingerprint density at radius 1 is 1.17 bits per heavy atom. The summed E-state index contributed by atoms with van der Waals surface area (Å²) >= 11 is 5.16. The minimum atomic E-state index is -0.491. The molecule has 8 heteroatoms. The van der Waals surface area contributed by atoms with Crippen LogP contribution in [0.2, 0.25) is 0 Å². The minimum absolute atomic E-state index is 0.465. The summed E-state index contributed by atoms with van der Waals surface area (Å²) in [6.45, 7) is 2.19. The summed E-state index contributed by atoms with van der Waals surface area (Å²) in [6.07, 6.45) is 3.02. The number of unbranched alkanes of at least 4 members (excludes halogenated alkanes) is 2. The van der Waals surface area contributed by atoms with Gasteiger partial charge in [0.2, 0.25) is 17.3 Å². The van der Waals surface area contributed by atoms with Crippen molar-refractivity contribution in [3.05, 3.63) is 52.5 Å². The van der Waals surface area contributed by atoms with Crippen LogP contribution in [0.5, 0.6) is 11.6 Å². The van der Waals surface area contributed by atoms with Crippen LogP contribution in [-0.4, -0.2) is 28.0 Å². The Morgan fingerprint density at radius 2 is 2.03 bits per heavy atom. The van der Waals surface area contributed by atoms with Crippen LogP contribution >= 0.6 is 27.7 Å². The predicted octanol–water partition coefficient (Wildman–Crippen LogP) is 6.10. The number of fused-ring (bicyclic) bond motifs is 3. The third-order valence-electron chi connectivity index (χ3n) is 4.79. The first-order valence-corrected chi connectivity index (χ1v) is 11.7. The fraction of sp³-hybridized carbons (Fsp3) is 0.318. The summed E-state index contributed by atoms with van der Waals surface area (Å²) in [5.74, 6) is 2.16. The number of thioether (sulfide) groups is 1. The topological polar surface area (TPSA) is 69.2 Å². The van der Waals surface area contributed by atoms with Crippen molar-refractivity contribution in [2.24, 2.45) is 0 Å². The van der Waals surface area contributed by atoms with E-state index in [-0.39, 0.29) is 0 Å². The van der Waals surface area contributed by atoms with Gasteiger partial charge >= 0.3 is 0 Å². The quantitative estimate of drug-likeness (QED) is 0.319. The number of rotatable bonds is 7. The van der Waals surface area contributed by atoms with Crippen molar-refractivity contribution in [1.29, 1.82) is 0 Å². The van der Waals surface area contributed by atoms with E-state index in [0.29, 0.717) is 16.7 Å². The summed E-state index contributed by atoms with van der Waals surface area (Å²) in [6, 6.07) is 13.8. The van der Waals surface area contributed by atoms with Crippen molar-refractivity contribution < 1.29 is 9.47 Å². The summed E-state index contributed by atoms with van der Waals surface area (Å²) in [5.41, 5.74) is 3.31. The molecule has 0 spiro atoms. The fourth-order valence-corrected chi connectivity index (χ4v) is 4.43. The van der Waals surface area contributed by atoms with Gasteiger partial charge in [0, 0.05) is 21.5 Å². The minimum Gasteiger partial charge on any atom is -0.496 e. The zero-order valence-corrected chi connectivity index (χ0v) is 19.3. The fourth-order valence-electron chi connectivity index (χ4n) is 3.27. The molecule has 0 fully saturated rings. The van der Waals surface area contributed by atoms with E-state index in [4.69, 9.17) is 14.5 Å². The van der Waals surface area contributed by atoms with E-state index in [1.54, 1.807) is 18.9 Å². The first-order valence-electron chi connectivity index (χ1n) is 9.93. The van der Waals surface area contributed by atoms with Gasteiger partial charge < -0.3 is 14.8 Å². The van der Waals surface area contributed by atoms with Crippen molar-refractivity contribution >= 4 is 33.4 Å². The molecule has 4 rings (SSSR count). The average molecular weight is 487 g/mol. The molecule has 0 radical (unpaired) electrons. The molecule has 1 N–H and O–H groups in total. The maximum Gasteiger partial charge on any atom is 0.247 e. The highest BCUT2D eigenvalue weighted by molar-refractivity contribution is 9.10. The molecule has 156 valence electrons. The lowest BCUT2D eigenvalue weighted by atomic mass is 10.1. The Hall–Kier alpha value is -2.32. The number of nitrogens with zero attached hydrogens (tertiary/aromatic N) is 3. The molecule has 0 saturated carbocycles. The first-order chi connectivity index (χ1) is 14.7. The molecule has 30 heavy (non-hydrogen) atoms. The summed E-state index contributed by atoms with van der Waals surface area (Å²) in [5, 5.41) is 12.9. The molecule has 1 aliphatic rings. The van der Waals surface area contributed by atoms with Crippen molar-refractivity contribution in [1.82, 2.24) is 15.2 Å². The standard InChI is InChI=1S/C22H23BrN4O2S/c1-3-4-7-12-30-22-25-21-19(26-27-22)15-8-5-6-9-17(15)24-20(29-21)16-13-14(23)10-11-18(16)28-2/h5-6,8-11,13,20,24H,3-4,7,12H2,1-2H3/t20-/m1/s1. The monoisotopic (exact) mass is 486 g/mol. The van der Waals surface area contributed by atoms with Crippen LogP contribution in [0.3, 0.4) is 0 Å². The third-order valence-corrected chi connectivity index (χ3v) is 6.20. The lowest BCUT2D eigenvalue weighted by molar-refractivity contribution is 0.219. The number of nitrogens with one attached hydrogen (secondary N) is 1. The Morgan fingerprint density at radius 3 is 2.87 bits per heavy atom. The average Bonchev–Trinajstić information content (AvgIpc) is 2.93. The number of hydrogen-bond acceptors (Lipinski definition) is 7. The molecule has 0 saturated heterocycles. The van der Waals surface area contributed by atoms with Gasteiger partial charge in [-0.1, -0.05) is 65.7 Å². The molecule has 0 amide bonds. The Balaban J connectivity index is 1.73. The van der Waals surface area contributed by atoms with E-state index in [1.165, 1.54) is 12.8 Å². The molecular weight excluding hydrogens is 464 g/mol. The second-order valence-corrected chi connectivity index (χ2v) is 8.86. The van der Waals surface area contributed by atoms with Crippen molar-refractivity contribution in [3.63, 3.8) is 0 Å². The van der Waals surface area contributed by atoms with E-state index < -0.39 is 6.23 Å². The van der Waals surface area contributed by atoms with Gasteiger partial charge in [-0.3, -0.25) is 0 Å². The lowest BCUT2D eigenvalue weighted by Gasteiger charge is -2.21. The number of halogens is 1. The van der Waals surface area contributed by atoms with Gasteiger partial charge in [-0.25, -0.2) is 0 Å². The molecule has 3 aromatic rings. The van der Waals surface area contributed by atoms with Gasteiger partial charge in [0.25, 0.3) is 0 Å². The molecule has 1 aliphatic heterocycles. The zero-order chi connectivity index (χ0) is 20.9. The van der Waals surface area contributed by atoms with Crippen LogP contribution in [0.4, 0.5) is 5.69 Å². The van der Waals surface area contributed by atoms with E-state index in [2.05, 4.69) is 38.4 Å². The SMILES string of the molecule is CCCCCSc1nnc2c(n1)O[C@H](c1cc(Br)ccc1OC)Nc1ccccc1-2. The van der Waals surface area contributed by atoms with Crippen LogP contribution in [0.15, 0.2) is 52.1 Å². The summed E-state index contributed by atoms with van der Waals surface area (Å²) in [7, 11) is 1.65. The maximum atomic E-state index is 6.35. The Labute approximate surface area is 188 Å². The predicted molar refractivity (Wildman–Crippen MR) is 123 cm³/mol. The van der Waals surface area contributed by atoms with E-state index in [1.807, 2.05) is 42.5 Å². The number of benzene rings is 2. The van der Waals surface area contributed by atoms with Gasteiger partial charge in [-0.05, 0) is 30.7 Å². The highest BCUT2D eigenvalue weighted by Gasteiger charge is 2.28. The number of ether oxygens (including phenoxy) is 2. The lowest BCUT2D eigenvalue weighted by Crippen LogP contribution is -2.18. The van der Waals surface area contributed by atoms with Crippen LogP contribution < -0.4 is 14.8 Å². The molecule has 0 aliphatic carbocycles. The number of methoxy groups -OCH3 is 1. The molecule has 0 unspecified atom stereocenters. The second-order valence-electron chi connectivity index (χ2n) is 6.88. The van der Waals surface area contributed by atoms with Gasteiger partial charge in [0.05, 0.1) is 12.7 Å². The normalized spacial score (nSPS) is 14.7. The van der Waals surface area contributed by atoms with Gasteiger partial charge in [-0.15, -0.1) is 10.2 Å². The van der Waals surface area contributed by atoms with Crippen molar-refractivity contribution in [3.8, 4) is 22.9 Å². The Kier molecular flexibility index (Phi) is 6.74. The molecular formula is C22H23BrN4O2S. The van der Waals surface area contributed by atoms with Crippen LogP contribution in [-0.2, 0) is 0 Å². The third kappa shape index (κ3) is 4.54. The molecule has 6 nitrogen and oxygen atoms in total. The Bertz CT molecular complexity index is 1030. The zero-order valence-electron chi connectivity index (χ0n) is 16.9. The first kappa shape index (κ1) is 20.9. The molecule has 1 atom stereocenters. The van der Waals surface area contributed by atoms with E-state index in [0.717, 1.165) is 39.2 Å². The highest BCUT2D eigenvalue weighted by Crippen LogP contribution is 2.41. The summed E-state index contributed by atoms with van der Waals surface area (Å²) in [4.78, 5) is 4.70. The van der Waals surface area contributed by atoms with Gasteiger partial charge in [-0.2, -0.15) is 4.98 Å². The van der Waals surface area contributed by atoms with Crippen molar-refractivity contribution in [2.75, 3.05) is 18.2 Å². The molecule has 2 aromatic carbocycles. The second kappa shape index (κ2) is 9.66. The van der Waals surface area contributed by atoms with E-state index in [9.17, 15) is 0 Å². The van der Waals surface area contributed by atoms with Crippen molar-refractivity contribution in [2.45, 2.75) is 37.6 Å². The van der Waals surface area contributed by atoms with Gasteiger partial charge in [0.1, 0.15) is 5.75 Å². The maximum absolute atomic E-state index is 6.35. The molecule has 1 aromatic heterocycles. The van der Waals surface area contributed by atoms with Crippen LogP contribution in [0, 0.1) is 0 Å². The molecule has 2 heterocycles. The smallest absolute Gasteiger partial charge is 0.247 e. The van der Waals surface area contributed by atoms with Gasteiger partial charge in [0.15, 0.2) is 5.69 Å².